The van der Waals surface area contributed by atoms with Gasteiger partial charge >= 0.3 is 0 Å². The van der Waals surface area contributed by atoms with Gasteiger partial charge in [0.15, 0.2) is 5.82 Å². The number of anilines is 2. The monoisotopic (exact) mass is 252 g/mol. The third-order valence-corrected chi connectivity index (χ3v) is 3.06. The van der Waals surface area contributed by atoms with Crippen LogP contribution in [0.3, 0.4) is 0 Å². The number of nitrogens with zero attached hydrogens (tertiary/aromatic N) is 2. The van der Waals surface area contributed by atoms with E-state index in [4.69, 9.17) is 15.2 Å². The second-order valence-corrected chi connectivity index (χ2v) is 4.63. The number of hydrogen-bond donors (Lipinski definition) is 2. The summed E-state index contributed by atoms with van der Waals surface area (Å²) in [5.74, 6) is 1.03. The minimum absolute atomic E-state index is 0.136. The van der Waals surface area contributed by atoms with Gasteiger partial charge in [-0.2, -0.15) is 4.98 Å². The van der Waals surface area contributed by atoms with E-state index in [2.05, 4.69) is 22.2 Å². The largest absolute Gasteiger partial charge is 0.476 e. The maximum atomic E-state index is 5.94. The Hall–Kier alpha value is -1.56. The van der Waals surface area contributed by atoms with Gasteiger partial charge in [-0.3, -0.25) is 0 Å². The van der Waals surface area contributed by atoms with Gasteiger partial charge in [0.2, 0.25) is 5.88 Å². The van der Waals surface area contributed by atoms with Crippen LogP contribution in [0.5, 0.6) is 5.88 Å². The number of nitrogen functional groups attached to an aromatic ring is 1. The molecule has 1 saturated heterocycles. The SMILES string of the molecule is CCOc1ncnc(NCC2(C)CCCO2)c1N. The molecule has 6 nitrogen and oxygen atoms in total. The minimum Gasteiger partial charge on any atom is -0.476 e. The molecular weight excluding hydrogens is 232 g/mol. The van der Waals surface area contributed by atoms with E-state index in [0.717, 1.165) is 19.4 Å². The van der Waals surface area contributed by atoms with E-state index in [1.54, 1.807) is 0 Å². The van der Waals surface area contributed by atoms with Crippen LogP contribution in [0.4, 0.5) is 11.5 Å². The van der Waals surface area contributed by atoms with Crippen LogP contribution in [0, 0.1) is 0 Å². The Balaban J connectivity index is 2.02. The van der Waals surface area contributed by atoms with E-state index < -0.39 is 0 Å². The van der Waals surface area contributed by atoms with Crippen LogP contribution in [0.15, 0.2) is 6.33 Å². The third kappa shape index (κ3) is 2.81. The van der Waals surface area contributed by atoms with Gasteiger partial charge in [-0.15, -0.1) is 0 Å². The molecule has 2 heterocycles. The lowest BCUT2D eigenvalue weighted by Crippen LogP contribution is -2.33. The quantitative estimate of drug-likeness (QED) is 0.825. The molecule has 0 bridgehead atoms. The first-order chi connectivity index (χ1) is 8.64. The molecule has 1 aromatic rings. The van der Waals surface area contributed by atoms with Gasteiger partial charge < -0.3 is 20.5 Å². The van der Waals surface area contributed by atoms with Gasteiger partial charge in [0, 0.05) is 13.2 Å². The van der Waals surface area contributed by atoms with Gasteiger partial charge in [-0.25, -0.2) is 4.98 Å². The Kier molecular flexibility index (Phi) is 3.86. The van der Waals surface area contributed by atoms with Crippen LogP contribution in [0.1, 0.15) is 26.7 Å². The zero-order valence-electron chi connectivity index (χ0n) is 10.9. The van der Waals surface area contributed by atoms with Crippen molar-refractivity contribution in [3.63, 3.8) is 0 Å². The molecule has 100 valence electrons. The van der Waals surface area contributed by atoms with Crippen molar-refractivity contribution in [1.82, 2.24) is 9.97 Å². The molecule has 6 heteroatoms. The maximum Gasteiger partial charge on any atom is 0.242 e. The summed E-state index contributed by atoms with van der Waals surface area (Å²) in [5, 5.41) is 3.21. The fourth-order valence-electron chi connectivity index (χ4n) is 2.02. The standard InChI is InChI=1S/C12H20N4O2/c1-3-17-11-9(13)10(15-8-16-11)14-7-12(2)5-4-6-18-12/h8H,3-7,13H2,1-2H3,(H,14,15,16). The minimum atomic E-state index is -0.136. The highest BCUT2D eigenvalue weighted by Gasteiger charge is 2.29. The Morgan fingerprint density at radius 1 is 1.56 bits per heavy atom. The number of hydrogen-bond acceptors (Lipinski definition) is 6. The highest BCUT2D eigenvalue weighted by Crippen LogP contribution is 2.28. The molecule has 2 rings (SSSR count). The molecule has 18 heavy (non-hydrogen) atoms. The van der Waals surface area contributed by atoms with Crippen LogP contribution < -0.4 is 15.8 Å². The number of nitrogens with two attached hydrogens (primary N) is 1. The average Bonchev–Trinajstić information content (AvgIpc) is 2.78. The maximum absolute atomic E-state index is 5.94. The molecule has 1 aliphatic heterocycles. The van der Waals surface area contributed by atoms with Gasteiger partial charge in [0.1, 0.15) is 12.0 Å². The van der Waals surface area contributed by atoms with Crippen LogP contribution in [-0.4, -0.2) is 35.3 Å². The van der Waals surface area contributed by atoms with Crippen molar-refractivity contribution in [2.75, 3.05) is 30.8 Å². The van der Waals surface area contributed by atoms with Crippen molar-refractivity contribution in [3.05, 3.63) is 6.33 Å². The van der Waals surface area contributed by atoms with Gasteiger partial charge in [-0.05, 0) is 26.7 Å². The first-order valence-electron chi connectivity index (χ1n) is 6.26. The summed E-state index contributed by atoms with van der Waals surface area (Å²) in [4.78, 5) is 8.13. The van der Waals surface area contributed by atoms with Crippen molar-refractivity contribution in [2.24, 2.45) is 0 Å². The lowest BCUT2D eigenvalue weighted by atomic mass is 10.0. The van der Waals surface area contributed by atoms with E-state index in [9.17, 15) is 0 Å². The van der Waals surface area contributed by atoms with E-state index >= 15 is 0 Å². The predicted octanol–water partition coefficient (Wildman–Crippen LogP) is 1.44. The number of rotatable bonds is 5. The smallest absolute Gasteiger partial charge is 0.242 e. The lowest BCUT2D eigenvalue weighted by molar-refractivity contribution is 0.0315. The molecule has 0 aromatic carbocycles. The topological polar surface area (TPSA) is 82.3 Å². The van der Waals surface area contributed by atoms with E-state index in [-0.39, 0.29) is 5.60 Å². The molecule has 1 atom stereocenters. The summed E-state index contributed by atoms with van der Waals surface area (Å²) < 4.78 is 11.0. The fourth-order valence-corrected chi connectivity index (χ4v) is 2.02. The number of nitrogens with one attached hydrogen (secondary N) is 1. The van der Waals surface area contributed by atoms with Crippen LogP contribution in [0.2, 0.25) is 0 Å². The second-order valence-electron chi connectivity index (χ2n) is 4.63. The molecule has 1 unspecified atom stereocenters. The number of aromatic nitrogens is 2. The summed E-state index contributed by atoms with van der Waals surface area (Å²) >= 11 is 0. The summed E-state index contributed by atoms with van der Waals surface area (Å²) in [7, 11) is 0. The molecular formula is C12H20N4O2. The second kappa shape index (κ2) is 5.39. The molecule has 1 fully saturated rings. The van der Waals surface area contributed by atoms with E-state index in [1.165, 1.54) is 6.33 Å². The normalized spacial score (nSPS) is 23.0. The van der Waals surface area contributed by atoms with Crippen molar-refractivity contribution < 1.29 is 9.47 Å². The summed E-state index contributed by atoms with van der Waals surface area (Å²) in [5.41, 5.74) is 6.25. The molecule has 3 N–H and O–H groups in total. The Labute approximate surface area is 107 Å². The van der Waals surface area contributed by atoms with Crippen molar-refractivity contribution >= 4 is 11.5 Å². The molecule has 0 amide bonds. The van der Waals surface area contributed by atoms with E-state index in [0.29, 0.717) is 30.5 Å². The van der Waals surface area contributed by atoms with E-state index in [1.807, 2.05) is 6.92 Å². The van der Waals surface area contributed by atoms with Crippen LogP contribution in [-0.2, 0) is 4.74 Å². The average molecular weight is 252 g/mol. The zero-order chi connectivity index (χ0) is 13.0. The molecule has 0 spiro atoms. The first-order valence-corrected chi connectivity index (χ1v) is 6.26. The van der Waals surface area contributed by atoms with Crippen molar-refractivity contribution in [3.8, 4) is 5.88 Å². The molecule has 0 radical (unpaired) electrons. The zero-order valence-corrected chi connectivity index (χ0v) is 10.9. The summed E-state index contributed by atoms with van der Waals surface area (Å²) in [6.07, 6.45) is 3.59. The summed E-state index contributed by atoms with van der Waals surface area (Å²) in [6, 6.07) is 0. The fraction of sp³-hybridized carbons (Fsp3) is 0.667. The number of ether oxygens (including phenoxy) is 2. The third-order valence-electron chi connectivity index (χ3n) is 3.06. The van der Waals surface area contributed by atoms with Crippen LogP contribution >= 0.6 is 0 Å². The Morgan fingerprint density at radius 2 is 2.39 bits per heavy atom. The highest BCUT2D eigenvalue weighted by molar-refractivity contribution is 5.66. The van der Waals surface area contributed by atoms with Crippen molar-refractivity contribution in [2.45, 2.75) is 32.3 Å². The first kappa shape index (κ1) is 12.9. The predicted molar refractivity (Wildman–Crippen MR) is 69.7 cm³/mol. The lowest BCUT2D eigenvalue weighted by Gasteiger charge is -2.24. The summed E-state index contributed by atoms with van der Waals surface area (Å²) in [6.45, 7) is 6.01. The Morgan fingerprint density at radius 3 is 3.06 bits per heavy atom. The molecule has 1 aromatic heterocycles. The highest BCUT2D eigenvalue weighted by atomic mass is 16.5. The van der Waals surface area contributed by atoms with Gasteiger partial charge in [0.25, 0.3) is 0 Å². The molecule has 0 aliphatic carbocycles. The molecule has 1 aliphatic rings. The van der Waals surface area contributed by atoms with Crippen LogP contribution in [0.25, 0.3) is 0 Å². The molecule has 0 saturated carbocycles. The van der Waals surface area contributed by atoms with Gasteiger partial charge in [-0.1, -0.05) is 0 Å². The van der Waals surface area contributed by atoms with Gasteiger partial charge in [0.05, 0.1) is 12.2 Å². The Bertz CT molecular complexity index is 405. The van der Waals surface area contributed by atoms with Crippen molar-refractivity contribution in [1.29, 1.82) is 0 Å².